The van der Waals surface area contributed by atoms with E-state index in [4.69, 9.17) is 4.98 Å². The summed E-state index contributed by atoms with van der Waals surface area (Å²) >= 11 is 1.92. The van der Waals surface area contributed by atoms with Crippen LogP contribution in [-0.2, 0) is 17.3 Å². The Hall–Kier alpha value is -2.71. The largest absolute Gasteiger partial charge is 0.255 e. The van der Waals surface area contributed by atoms with Gasteiger partial charge in [0.05, 0.1) is 10.4 Å². The summed E-state index contributed by atoms with van der Waals surface area (Å²) < 4.78 is 2.71. The summed E-state index contributed by atoms with van der Waals surface area (Å²) in [5.41, 5.74) is 8.57. The number of rotatable bonds is 2. The van der Waals surface area contributed by atoms with E-state index in [0.717, 1.165) is 12.1 Å². The third-order valence-electron chi connectivity index (χ3n) is 8.80. The molecule has 0 aliphatic heterocycles. The van der Waals surface area contributed by atoms with Crippen LogP contribution in [0.4, 0.5) is 0 Å². The van der Waals surface area contributed by atoms with Crippen LogP contribution in [0.3, 0.4) is 0 Å². The Morgan fingerprint density at radius 2 is 1.54 bits per heavy atom. The highest BCUT2D eigenvalue weighted by Crippen LogP contribution is 2.55. The third-order valence-corrected chi connectivity index (χ3v) is 10.1. The van der Waals surface area contributed by atoms with Crippen molar-refractivity contribution >= 4 is 42.3 Å². The molecule has 2 heterocycles. The number of aryl methyl sites for hydroxylation is 1. The van der Waals surface area contributed by atoms with Gasteiger partial charge >= 0.3 is 0 Å². The summed E-state index contributed by atoms with van der Waals surface area (Å²) in [6.07, 6.45) is 3.09. The van der Waals surface area contributed by atoms with E-state index in [2.05, 4.69) is 104 Å². The molecule has 0 N–H and O–H groups in total. The van der Waals surface area contributed by atoms with Gasteiger partial charge in [-0.1, -0.05) is 78.8 Å². The Morgan fingerprint density at radius 1 is 0.829 bits per heavy atom. The lowest BCUT2D eigenvalue weighted by atomic mass is 9.66. The van der Waals surface area contributed by atoms with Crippen molar-refractivity contribution < 1.29 is 0 Å². The molecular formula is C33H35NS. The van der Waals surface area contributed by atoms with Crippen molar-refractivity contribution in [3.05, 3.63) is 77.0 Å². The van der Waals surface area contributed by atoms with Crippen molar-refractivity contribution in [1.29, 1.82) is 0 Å². The number of aromatic nitrogens is 1. The molecule has 0 saturated carbocycles. The molecule has 2 heteroatoms. The summed E-state index contributed by atoms with van der Waals surface area (Å²) in [6.45, 7) is 18.9. The van der Waals surface area contributed by atoms with Crippen LogP contribution < -0.4 is 0 Å². The minimum absolute atomic E-state index is 0.0530. The molecule has 2 aromatic heterocycles. The molecule has 35 heavy (non-hydrogen) atoms. The van der Waals surface area contributed by atoms with Crippen LogP contribution in [0.25, 0.3) is 42.2 Å². The van der Waals surface area contributed by atoms with E-state index in [9.17, 15) is 0 Å². The van der Waals surface area contributed by atoms with Crippen molar-refractivity contribution in [1.82, 2.24) is 4.98 Å². The quantitative estimate of drug-likeness (QED) is 0.246. The molecule has 6 rings (SSSR count). The van der Waals surface area contributed by atoms with E-state index >= 15 is 0 Å². The summed E-state index contributed by atoms with van der Waals surface area (Å²) in [4.78, 5) is 4.98. The van der Waals surface area contributed by atoms with Gasteiger partial charge in [-0.15, -0.1) is 11.3 Å². The predicted octanol–water partition coefficient (Wildman–Crippen LogP) is 9.74. The Labute approximate surface area is 213 Å². The van der Waals surface area contributed by atoms with Gasteiger partial charge in [0.1, 0.15) is 0 Å². The number of pyridine rings is 1. The van der Waals surface area contributed by atoms with Crippen molar-refractivity contribution in [3.8, 4) is 11.3 Å². The average Bonchev–Trinajstić information content (AvgIpc) is 3.24. The van der Waals surface area contributed by atoms with Gasteiger partial charge in [0.25, 0.3) is 0 Å². The molecule has 0 unspecified atom stereocenters. The first-order chi connectivity index (χ1) is 16.4. The molecule has 178 valence electrons. The first-order valence-electron chi connectivity index (χ1n) is 12.8. The van der Waals surface area contributed by atoms with Gasteiger partial charge in [-0.3, -0.25) is 4.98 Å². The van der Waals surface area contributed by atoms with Crippen LogP contribution in [0, 0.1) is 12.3 Å². The zero-order chi connectivity index (χ0) is 24.9. The second-order valence-corrected chi connectivity index (χ2v) is 13.8. The van der Waals surface area contributed by atoms with E-state index in [-0.39, 0.29) is 16.2 Å². The molecule has 3 aromatic carbocycles. The Balaban J connectivity index is 1.61. The molecule has 0 bridgehead atoms. The normalized spacial score (nSPS) is 16.6. The minimum atomic E-state index is 0.0530. The molecule has 0 fully saturated rings. The summed E-state index contributed by atoms with van der Waals surface area (Å²) in [7, 11) is 0. The fraction of sp³-hybridized carbons (Fsp3) is 0.364. The predicted molar refractivity (Wildman–Crippen MR) is 154 cm³/mol. The van der Waals surface area contributed by atoms with Crippen LogP contribution in [-0.4, -0.2) is 4.98 Å². The van der Waals surface area contributed by atoms with Crippen LogP contribution in [0.1, 0.15) is 70.7 Å². The highest BCUT2D eigenvalue weighted by Gasteiger charge is 2.47. The van der Waals surface area contributed by atoms with Gasteiger partial charge in [-0.25, -0.2) is 0 Å². The van der Waals surface area contributed by atoms with Crippen LogP contribution in [0.5, 0.6) is 0 Å². The zero-order valence-electron chi connectivity index (χ0n) is 22.3. The van der Waals surface area contributed by atoms with Gasteiger partial charge in [0.2, 0.25) is 0 Å². The maximum atomic E-state index is 4.98. The number of fused-ring (bicyclic) bond motifs is 3. The Morgan fingerprint density at radius 3 is 2.29 bits per heavy atom. The van der Waals surface area contributed by atoms with Gasteiger partial charge in [-0.2, -0.15) is 0 Å². The third kappa shape index (κ3) is 3.15. The molecular weight excluding hydrogens is 442 g/mol. The second-order valence-electron chi connectivity index (χ2n) is 12.8. The maximum absolute atomic E-state index is 4.98. The minimum Gasteiger partial charge on any atom is -0.255 e. The topological polar surface area (TPSA) is 12.9 Å². The number of hydrogen-bond acceptors (Lipinski definition) is 2. The van der Waals surface area contributed by atoms with Crippen LogP contribution in [0.2, 0.25) is 0 Å². The van der Waals surface area contributed by atoms with Crippen molar-refractivity contribution in [2.24, 2.45) is 5.41 Å². The lowest BCUT2D eigenvalue weighted by Gasteiger charge is -2.37. The molecule has 1 nitrogen and oxygen atoms in total. The smallest absolute Gasteiger partial charge is 0.0880 e. The summed E-state index contributed by atoms with van der Waals surface area (Å²) in [5, 5.41) is 5.46. The molecule has 0 amide bonds. The zero-order valence-corrected chi connectivity index (χ0v) is 23.1. The van der Waals surface area contributed by atoms with E-state index in [0.29, 0.717) is 0 Å². The van der Waals surface area contributed by atoms with Crippen LogP contribution in [0.15, 0.2) is 54.7 Å². The van der Waals surface area contributed by atoms with Gasteiger partial charge in [-0.05, 0) is 80.8 Å². The number of hydrogen-bond donors (Lipinski definition) is 0. The highest BCUT2D eigenvalue weighted by molar-refractivity contribution is 7.26. The monoisotopic (exact) mass is 477 g/mol. The van der Waals surface area contributed by atoms with E-state index in [1.54, 1.807) is 0 Å². The first kappa shape index (κ1) is 22.7. The van der Waals surface area contributed by atoms with Crippen molar-refractivity contribution in [3.63, 3.8) is 0 Å². The summed E-state index contributed by atoms with van der Waals surface area (Å²) in [5.74, 6) is 0. The molecule has 1 aliphatic carbocycles. The molecule has 0 saturated heterocycles. The number of nitrogens with zero attached hydrogens (tertiary/aromatic N) is 1. The van der Waals surface area contributed by atoms with Gasteiger partial charge < -0.3 is 0 Å². The second kappa shape index (κ2) is 7.17. The van der Waals surface area contributed by atoms with Crippen molar-refractivity contribution in [2.75, 3.05) is 0 Å². The maximum Gasteiger partial charge on any atom is 0.0880 e. The molecule has 1 aliphatic rings. The van der Waals surface area contributed by atoms with Gasteiger partial charge in [0, 0.05) is 27.2 Å². The first-order valence-corrected chi connectivity index (χ1v) is 13.6. The SMILES string of the molecule is Cc1c(CC(C)(C)C)ccc2c1sc1c(-c3cc4c5c(cccc5c3)C(C)(C)C4(C)C)nccc12. The molecule has 0 radical (unpaired) electrons. The van der Waals surface area contributed by atoms with E-state index in [1.165, 1.54) is 58.8 Å². The fourth-order valence-electron chi connectivity index (χ4n) is 6.16. The van der Waals surface area contributed by atoms with E-state index in [1.807, 2.05) is 17.5 Å². The lowest BCUT2D eigenvalue weighted by molar-refractivity contribution is 0.322. The number of thiophene rings is 1. The van der Waals surface area contributed by atoms with E-state index < -0.39 is 0 Å². The fourth-order valence-corrected chi connectivity index (χ4v) is 7.49. The van der Waals surface area contributed by atoms with Gasteiger partial charge in [0.15, 0.2) is 0 Å². The summed E-state index contributed by atoms with van der Waals surface area (Å²) in [6, 6.07) is 18.5. The Bertz CT molecular complexity index is 1660. The van der Waals surface area contributed by atoms with Crippen molar-refractivity contribution in [2.45, 2.75) is 72.6 Å². The molecule has 5 aromatic rings. The number of benzene rings is 3. The van der Waals surface area contributed by atoms with Crippen LogP contribution >= 0.6 is 11.3 Å². The highest BCUT2D eigenvalue weighted by atomic mass is 32.1. The molecule has 0 atom stereocenters. The average molecular weight is 478 g/mol. The lowest BCUT2D eigenvalue weighted by Crippen LogP contribution is -2.35. The Kier molecular flexibility index (Phi) is 4.66. The molecule has 0 spiro atoms. The standard InChI is InChI=1S/C33H35NS/c1-19-21(18-31(2,3)4)12-13-23-24-14-15-34-28(30(24)35-29(19)23)22-16-20-10-9-11-25-27(20)26(17-22)33(7,8)32(25,5)6/h9-17H,18H2,1-8H3.